The van der Waals surface area contributed by atoms with Gasteiger partial charge in [-0.1, -0.05) is 25.7 Å². The molecule has 2 rings (SSSR count). The maximum atomic E-state index is 12.1. The van der Waals surface area contributed by atoms with Crippen LogP contribution in [0.5, 0.6) is 0 Å². The molecule has 16 heavy (non-hydrogen) atoms. The SMILES string of the molecule is Cn1cc(CC(=O)C2CCCCCC2)cn1. The van der Waals surface area contributed by atoms with Crippen molar-refractivity contribution in [1.82, 2.24) is 9.78 Å². The second-order valence-corrected chi connectivity index (χ2v) is 4.85. The zero-order valence-electron chi connectivity index (χ0n) is 9.98. The summed E-state index contributed by atoms with van der Waals surface area (Å²) >= 11 is 0. The van der Waals surface area contributed by atoms with E-state index >= 15 is 0 Å². The third-order valence-electron chi connectivity index (χ3n) is 3.45. The molecule has 3 nitrogen and oxygen atoms in total. The maximum Gasteiger partial charge on any atom is 0.140 e. The molecule has 0 atom stereocenters. The van der Waals surface area contributed by atoms with Gasteiger partial charge in [0.2, 0.25) is 0 Å². The number of Topliss-reactive ketones (excluding diaryl/α,β-unsaturated/α-hetero) is 1. The minimum absolute atomic E-state index is 0.308. The lowest BCUT2D eigenvalue weighted by atomic mass is 9.92. The summed E-state index contributed by atoms with van der Waals surface area (Å²) in [5.74, 6) is 0.720. The molecule has 0 spiro atoms. The molecule has 1 aliphatic rings. The van der Waals surface area contributed by atoms with Crippen LogP contribution in [-0.2, 0) is 18.3 Å². The van der Waals surface area contributed by atoms with Crippen molar-refractivity contribution in [2.45, 2.75) is 44.9 Å². The maximum absolute atomic E-state index is 12.1. The zero-order valence-corrected chi connectivity index (χ0v) is 9.98. The Balaban J connectivity index is 1.91. The highest BCUT2D eigenvalue weighted by Crippen LogP contribution is 2.24. The Kier molecular flexibility index (Phi) is 3.75. The van der Waals surface area contributed by atoms with Gasteiger partial charge in [0.05, 0.1) is 6.20 Å². The topological polar surface area (TPSA) is 34.9 Å². The number of carbonyl (C=O) groups is 1. The third kappa shape index (κ3) is 2.94. The number of aromatic nitrogens is 2. The highest BCUT2D eigenvalue weighted by atomic mass is 16.1. The number of aryl methyl sites for hydroxylation is 1. The summed E-state index contributed by atoms with van der Waals surface area (Å²) in [5.41, 5.74) is 1.05. The monoisotopic (exact) mass is 220 g/mol. The quantitative estimate of drug-likeness (QED) is 0.734. The molecule has 1 aromatic rings. The number of carbonyl (C=O) groups excluding carboxylic acids is 1. The Morgan fingerprint density at radius 3 is 2.62 bits per heavy atom. The first kappa shape index (κ1) is 11.4. The summed E-state index contributed by atoms with van der Waals surface area (Å²) in [6, 6.07) is 0. The number of hydrogen-bond acceptors (Lipinski definition) is 2. The van der Waals surface area contributed by atoms with Gasteiger partial charge in [-0.15, -0.1) is 0 Å². The zero-order chi connectivity index (χ0) is 11.4. The van der Waals surface area contributed by atoms with Crippen molar-refractivity contribution in [3.05, 3.63) is 18.0 Å². The average Bonchev–Trinajstić information content (AvgIpc) is 2.56. The van der Waals surface area contributed by atoms with Crippen LogP contribution in [0.4, 0.5) is 0 Å². The Bertz CT molecular complexity index is 349. The van der Waals surface area contributed by atoms with E-state index in [9.17, 15) is 4.79 Å². The summed E-state index contributed by atoms with van der Waals surface area (Å²) in [5, 5.41) is 4.10. The van der Waals surface area contributed by atoms with Crippen molar-refractivity contribution in [2.75, 3.05) is 0 Å². The van der Waals surface area contributed by atoms with Gasteiger partial charge in [-0.2, -0.15) is 5.10 Å². The second-order valence-electron chi connectivity index (χ2n) is 4.85. The van der Waals surface area contributed by atoms with Gasteiger partial charge < -0.3 is 0 Å². The highest BCUT2D eigenvalue weighted by Gasteiger charge is 2.20. The standard InChI is InChI=1S/C13H20N2O/c1-15-10-11(9-14-15)8-13(16)12-6-4-2-3-5-7-12/h9-10,12H,2-8H2,1H3. The van der Waals surface area contributed by atoms with Crippen molar-refractivity contribution in [1.29, 1.82) is 0 Å². The minimum Gasteiger partial charge on any atom is -0.299 e. The third-order valence-corrected chi connectivity index (χ3v) is 3.45. The first-order valence-corrected chi connectivity index (χ1v) is 6.26. The van der Waals surface area contributed by atoms with E-state index in [-0.39, 0.29) is 0 Å². The van der Waals surface area contributed by atoms with Gasteiger partial charge in [-0.05, 0) is 18.4 Å². The van der Waals surface area contributed by atoms with Crippen molar-refractivity contribution in [3.8, 4) is 0 Å². The highest BCUT2D eigenvalue weighted by molar-refractivity contribution is 5.83. The van der Waals surface area contributed by atoms with Crippen LogP contribution in [0.25, 0.3) is 0 Å². The van der Waals surface area contributed by atoms with E-state index in [1.54, 1.807) is 10.9 Å². The molecule has 1 aromatic heterocycles. The molecule has 1 aliphatic carbocycles. The average molecular weight is 220 g/mol. The van der Waals surface area contributed by atoms with Crippen LogP contribution in [0.15, 0.2) is 12.4 Å². The van der Waals surface area contributed by atoms with Gasteiger partial charge in [0.25, 0.3) is 0 Å². The van der Waals surface area contributed by atoms with Gasteiger partial charge in [0.15, 0.2) is 0 Å². The van der Waals surface area contributed by atoms with Crippen LogP contribution < -0.4 is 0 Å². The van der Waals surface area contributed by atoms with E-state index in [0.29, 0.717) is 18.1 Å². The Labute approximate surface area is 96.8 Å². The molecule has 88 valence electrons. The lowest BCUT2D eigenvalue weighted by Gasteiger charge is -2.11. The molecule has 0 aliphatic heterocycles. The Morgan fingerprint density at radius 2 is 2.06 bits per heavy atom. The molecule has 0 amide bonds. The van der Waals surface area contributed by atoms with Crippen molar-refractivity contribution >= 4 is 5.78 Å². The van der Waals surface area contributed by atoms with Gasteiger partial charge in [0, 0.05) is 25.6 Å². The molecule has 0 bridgehead atoms. The number of hydrogen-bond donors (Lipinski definition) is 0. The van der Waals surface area contributed by atoms with Crippen LogP contribution >= 0.6 is 0 Å². The lowest BCUT2D eigenvalue weighted by Crippen LogP contribution is -2.15. The first-order chi connectivity index (χ1) is 7.75. The van der Waals surface area contributed by atoms with Crippen molar-refractivity contribution < 1.29 is 4.79 Å². The van der Waals surface area contributed by atoms with Crippen LogP contribution in [0.1, 0.15) is 44.1 Å². The Hall–Kier alpha value is -1.12. The van der Waals surface area contributed by atoms with E-state index in [2.05, 4.69) is 5.10 Å². The molecule has 1 saturated carbocycles. The fraction of sp³-hybridized carbons (Fsp3) is 0.692. The molecule has 0 aromatic carbocycles. The molecule has 1 fully saturated rings. The van der Waals surface area contributed by atoms with Crippen LogP contribution in [-0.4, -0.2) is 15.6 Å². The largest absolute Gasteiger partial charge is 0.299 e. The van der Waals surface area contributed by atoms with E-state index < -0.39 is 0 Å². The van der Waals surface area contributed by atoms with Crippen LogP contribution in [0.2, 0.25) is 0 Å². The van der Waals surface area contributed by atoms with Crippen LogP contribution in [0.3, 0.4) is 0 Å². The van der Waals surface area contributed by atoms with Crippen LogP contribution in [0, 0.1) is 5.92 Å². The number of rotatable bonds is 3. The summed E-state index contributed by atoms with van der Waals surface area (Å²) in [4.78, 5) is 12.1. The molecule has 0 saturated heterocycles. The second kappa shape index (κ2) is 5.28. The fourth-order valence-electron chi connectivity index (χ4n) is 2.51. The molecule has 1 heterocycles. The lowest BCUT2D eigenvalue weighted by molar-refractivity contribution is -0.122. The summed E-state index contributed by atoms with van der Waals surface area (Å²) in [7, 11) is 1.89. The summed E-state index contributed by atoms with van der Waals surface area (Å²) in [6.45, 7) is 0. The predicted octanol–water partition coefficient (Wildman–Crippen LogP) is 2.50. The van der Waals surface area contributed by atoms with Crippen molar-refractivity contribution in [3.63, 3.8) is 0 Å². The fourth-order valence-corrected chi connectivity index (χ4v) is 2.51. The van der Waals surface area contributed by atoms with E-state index in [1.165, 1.54) is 25.7 Å². The van der Waals surface area contributed by atoms with Gasteiger partial charge >= 0.3 is 0 Å². The van der Waals surface area contributed by atoms with E-state index in [0.717, 1.165) is 18.4 Å². The van der Waals surface area contributed by atoms with Gasteiger partial charge in [0.1, 0.15) is 5.78 Å². The van der Waals surface area contributed by atoms with Gasteiger partial charge in [-0.3, -0.25) is 9.48 Å². The first-order valence-electron chi connectivity index (χ1n) is 6.26. The van der Waals surface area contributed by atoms with E-state index in [1.807, 2.05) is 13.2 Å². The summed E-state index contributed by atoms with van der Waals surface area (Å²) < 4.78 is 1.76. The number of ketones is 1. The molecule has 0 unspecified atom stereocenters. The normalized spacial score (nSPS) is 18.3. The molecule has 0 radical (unpaired) electrons. The smallest absolute Gasteiger partial charge is 0.140 e. The van der Waals surface area contributed by atoms with Gasteiger partial charge in [-0.25, -0.2) is 0 Å². The summed E-state index contributed by atoms with van der Waals surface area (Å²) in [6.07, 6.45) is 11.6. The molecule has 0 N–H and O–H groups in total. The minimum atomic E-state index is 0.308. The van der Waals surface area contributed by atoms with E-state index in [4.69, 9.17) is 0 Å². The molecule has 3 heteroatoms. The molecular formula is C13H20N2O. The molecular weight excluding hydrogens is 200 g/mol. The number of nitrogens with zero attached hydrogens (tertiary/aromatic N) is 2. The predicted molar refractivity (Wildman–Crippen MR) is 63.1 cm³/mol. The van der Waals surface area contributed by atoms with Crippen molar-refractivity contribution in [2.24, 2.45) is 13.0 Å². The Morgan fingerprint density at radius 1 is 1.38 bits per heavy atom.